The third kappa shape index (κ3) is 3.83. The predicted molar refractivity (Wildman–Crippen MR) is 116 cm³/mol. The Balaban J connectivity index is 1.60. The maximum Gasteiger partial charge on any atom is 0.233 e. The summed E-state index contributed by atoms with van der Waals surface area (Å²) >= 11 is 0. The number of anilines is 1. The van der Waals surface area contributed by atoms with Crippen molar-refractivity contribution in [2.24, 2.45) is 5.92 Å². The van der Waals surface area contributed by atoms with Crippen LogP contribution in [0.5, 0.6) is 5.75 Å². The summed E-state index contributed by atoms with van der Waals surface area (Å²) in [5, 5.41) is 0. The van der Waals surface area contributed by atoms with E-state index in [9.17, 15) is 13.2 Å². The summed E-state index contributed by atoms with van der Waals surface area (Å²) in [4.78, 5) is 15.1. The molecule has 1 aliphatic rings. The molecule has 1 amide bonds. The average Bonchev–Trinajstić information content (AvgIpc) is 2.79. The Kier molecular flexibility index (Phi) is 5.59. The summed E-state index contributed by atoms with van der Waals surface area (Å²) in [7, 11) is -1.84. The molecule has 2 atom stereocenters. The average molecular weight is 422 g/mol. The van der Waals surface area contributed by atoms with Gasteiger partial charge >= 0.3 is 0 Å². The van der Waals surface area contributed by atoms with Gasteiger partial charge < -0.3 is 9.64 Å². The van der Waals surface area contributed by atoms with Crippen LogP contribution in [0.2, 0.25) is 0 Å². The van der Waals surface area contributed by atoms with Gasteiger partial charge in [-0.3, -0.25) is 4.79 Å². The molecule has 1 saturated heterocycles. The van der Waals surface area contributed by atoms with E-state index in [4.69, 9.17) is 4.74 Å². The normalized spacial score (nSPS) is 18.7. The Morgan fingerprint density at radius 2 is 1.47 bits per heavy atom. The quantitative estimate of drug-likeness (QED) is 0.535. The molecule has 30 heavy (non-hydrogen) atoms. The smallest absolute Gasteiger partial charge is 0.233 e. The van der Waals surface area contributed by atoms with E-state index in [1.807, 2.05) is 54.6 Å². The number of sulfone groups is 1. The highest BCUT2D eigenvalue weighted by atomic mass is 32.2. The Labute approximate surface area is 176 Å². The Hall–Kier alpha value is -3.12. The van der Waals surface area contributed by atoms with Gasteiger partial charge in [0.2, 0.25) is 5.91 Å². The zero-order valence-electron chi connectivity index (χ0n) is 16.6. The van der Waals surface area contributed by atoms with E-state index in [2.05, 4.69) is 0 Å². The van der Waals surface area contributed by atoms with Crippen LogP contribution in [0.15, 0.2) is 89.8 Å². The number of nitrogens with zero attached hydrogens (tertiary/aromatic N) is 1. The molecule has 6 heteroatoms. The first-order chi connectivity index (χ1) is 14.5. The van der Waals surface area contributed by atoms with Crippen molar-refractivity contribution in [1.82, 2.24) is 0 Å². The minimum Gasteiger partial charge on any atom is -0.497 e. The summed E-state index contributed by atoms with van der Waals surface area (Å²) in [6.07, 6.45) is 0.274. The van der Waals surface area contributed by atoms with Crippen LogP contribution in [0.4, 0.5) is 5.69 Å². The fourth-order valence-corrected chi connectivity index (χ4v) is 5.29. The molecule has 0 saturated carbocycles. The summed E-state index contributed by atoms with van der Waals surface area (Å²) < 4.78 is 30.7. The summed E-state index contributed by atoms with van der Waals surface area (Å²) in [5.41, 5.74) is 1.77. The molecule has 0 aromatic heterocycles. The highest BCUT2D eigenvalue weighted by Crippen LogP contribution is 2.45. The monoisotopic (exact) mass is 421 g/mol. The van der Waals surface area contributed by atoms with Gasteiger partial charge in [0.15, 0.2) is 9.84 Å². The van der Waals surface area contributed by atoms with Crippen molar-refractivity contribution in [2.45, 2.75) is 17.4 Å². The molecule has 0 N–H and O–H groups in total. The van der Waals surface area contributed by atoms with E-state index < -0.39 is 15.8 Å². The molecular formula is C24H23NO4S. The predicted octanol–water partition coefficient (Wildman–Crippen LogP) is 4.26. The summed E-state index contributed by atoms with van der Waals surface area (Å²) in [6.45, 7) is 0. The summed E-state index contributed by atoms with van der Waals surface area (Å²) in [5.74, 6) is 0.226. The lowest BCUT2D eigenvalue weighted by atomic mass is 9.80. The SMILES string of the molecule is COc1ccc([C@@H]2[C@@H](CCS(=O)(=O)c3ccccc3)C(=O)N2c2ccccc2)cc1. The molecule has 0 spiro atoms. The van der Waals surface area contributed by atoms with Gasteiger partial charge in [0.1, 0.15) is 5.75 Å². The van der Waals surface area contributed by atoms with Gasteiger partial charge in [0.05, 0.1) is 29.7 Å². The third-order valence-corrected chi connectivity index (χ3v) is 7.27. The first kappa shape index (κ1) is 20.2. The topological polar surface area (TPSA) is 63.7 Å². The Morgan fingerprint density at radius 1 is 0.867 bits per heavy atom. The third-order valence-electron chi connectivity index (χ3n) is 5.51. The second-order valence-electron chi connectivity index (χ2n) is 7.29. The summed E-state index contributed by atoms with van der Waals surface area (Å²) in [6, 6.07) is 25.2. The van der Waals surface area contributed by atoms with Crippen molar-refractivity contribution in [3.8, 4) is 5.75 Å². The van der Waals surface area contributed by atoms with E-state index >= 15 is 0 Å². The van der Waals surface area contributed by atoms with E-state index in [1.165, 1.54) is 0 Å². The molecule has 154 valence electrons. The van der Waals surface area contributed by atoms with Crippen molar-refractivity contribution in [2.75, 3.05) is 17.8 Å². The molecule has 0 aliphatic carbocycles. The first-order valence-corrected chi connectivity index (χ1v) is 11.5. The number of ether oxygens (including phenoxy) is 1. The van der Waals surface area contributed by atoms with E-state index in [0.717, 1.165) is 17.0 Å². The number of carbonyl (C=O) groups excluding carboxylic acids is 1. The molecule has 5 nitrogen and oxygen atoms in total. The number of β-lactam (4-membered cyclic amide) rings is 1. The van der Waals surface area contributed by atoms with Gasteiger partial charge in [-0.1, -0.05) is 48.5 Å². The molecule has 4 rings (SSSR count). The molecule has 1 heterocycles. The number of rotatable bonds is 7. The Morgan fingerprint density at radius 3 is 2.07 bits per heavy atom. The fraction of sp³-hybridized carbons (Fsp3) is 0.208. The number of amides is 1. The van der Waals surface area contributed by atoms with Crippen LogP contribution in [0, 0.1) is 5.92 Å². The number of hydrogen-bond donors (Lipinski definition) is 0. The van der Waals surface area contributed by atoms with Crippen molar-refractivity contribution in [3.05, 3.63) is 90.5 Å². The zero-order valence-corrected chi connectivity index (χ0v) is 17.5. The lowest BCUT2D eigenvalue weighted by molar-refractivity contribution is -0.130. The van der Waals surface area contributed by atoms with Crippen LogP contribution >= 0.6 is 0 Å². The minimum atomic E-state index is -3.44. The van der Waals surface area contributed by atoms with Gasteiger partial charge in [-0.05, 0) is 48.4 Å². The van der Waals surface area contributed by atoms with E-state index in [0.29, 0.717) is 0 Å². The highest BCUT2D eigenvalue weighted by Gasteiger charge is 2.48. The van der Waals surface area contributed by atoms with Crippen molar-refractivity contribution >= 4 is 21.4 Å². The molecule has 0 bridgehead atoms. The number of benzene rings is 3. The molecule has 3 aromatic carbocycles. The van der Waals surface area contributed by atoms with Crippen LogP contribution in [0.3, 0.4) is 0 Å². The first-order valence-electron chi connectivity index (χ1n) is 9.81. The molecule has 1 fully saturated rings. The standard InChI is InChI=1S/C24H23NO4S/c1-29-20-14-12-18(13-15-20)23-22(24(26)25(23)19-8-4-2-5-9-19)16-17-30(27,28)21-10-6-3-7-11-21/h2-15,22-23H,16-17H2,1H3/t22-,23-/m1/s1. The van der Waals surface area contributed by atoms with E-state index in [-0.39, 0.29) is 29.0 Å². The number of hydrogen-bond acceptors (Lipinski definition) is 4. The van der Waals surface area contributed by atoms with Gasteiger partial charge in [0.25, 0.3) is 0 Å². The fourth-order valence-electron chi connectivity index (χ4n) is 3.92. The number of carbonyl (C=O) groups is 1. The van der Waals surface area contributed by atoms with Crippen LogP contribution < -0.4 is 9.64 Å². The number of methoxy groups -OCH3 is 1. The second-order valence-corrected chi connectivity index (χ2v) is 9.40. The van der Waals surface area contributed by atoms with Crippen LogP contribution in [-0.2, 0) is 14.6 Å². The van der Waals surface area contributed by atoms with Crippen molar-refractivity contribution in [3.63, 3.8) is 0 Å². The van der Waals surface area contributed by atoms with Crippen LogP contribution in [0.25, 0.3) is 0 Å². The van der Waals surface area contributed by atoms with Crippen molar-refractivity contribution in [1.29, 1.82) is 0 Å². The van der Waals surface area contributed by atoms with Crippen LogP contribution in [0.1, 0.15) is 18.0 Å². The van der Waals surface area contributed by atoms with Gasteiger partial charge in [-0.25, -0.2) is 8.42 Å². The zero-order chi connectivity index (χ0) is 21.1. The van der Waals surface area contributed by atoms with Crippen molar-refractivity contribution < 1.29 is 17.9 Å². The van der Waals surface area contributed by atoms with Gasteiger partial charge in [0, 0.05) is 5.69 Å². The minimum absolute atomic E-state index is 0.0507. The molecular weight excluding hydrogens is 398 g/mol. The lowest BCUT2D eigenvalue weighted by Gasteiger charge is -2.47. The van der Waals surface area contributed by atoms with Crippen LogP contribution in [-0.4, -0.2) is 27.2 Å². The molecule has 0 unspecified atom stereocenters. The number of para-hydroxylation sites is 1. The largest absolute Gasteiger partial charge is 0.497 e. The molecule has 3 aromatic rings. The Bertz CT molecular complexity index is 1110. The van der Waals surface area contributed by atoms with Gasteiger partial charge in [-0.2, -0.15) is 0 Å². The highest BCUT2D eigenvalue weighted by molar-refractivity contribution is 7.91. The maximum atomic E-state index is 13.0. The van der Waals surface area contributed by atoms with E-state index in [1.54, 1.807) is 42.3 Å². The molecule has 1 aliphatic heterocycles. The maximum absolute atomic E-state index is 13.0. The molecule has 0 radical (unpaired) electrons. The second kappa shape index (κ2) is 8.32. The van der Waals surface area contributed by atoms with Gasteiger partial charge in [-0.15, -0.1) is 0 Å². The lowest BCUT2D eigenvalue weighted by Crippen LogP contribution is -2.55.